The third-order valence-corrected chi connectivity index (χ3v) is 3.15. The van der Waals surface area contributed by atoms with Crippen molar-refractivity contribution in [1.82, 2.24) is 15.1 Å². The first-order valence-electron chi connectivity index (χ1n) is 5.82. The summed E-state index contributed by atoms with van der Waals surface area (Å²) in [5, 5.41) is 13.6. The van der Waals surface area contributed by atoms with Crippen LogP contribution < -0.4 is 0 Å². The van der Waals surface area contributed by atoms with E-state index < -0.39 is 0 Å². The second kappa shape index (κ2) is 4.16. The maximum Gasteiger partial charge on any atom is 0.280 e. The van der Waals surface area contributed by atoms with Crippen LogP contribution in [-0.2, 0) is 0 Å². The third-order valence-electron chi connectivity index (χ3n) is 3.15. The highest BCUT2D eigenvalue weighted by Crippen LogP contribution is 2.34. The summed E-state index contributed by atoms with van der Waals surface area (Å²) in [7, 11) is 0. The molecule has 0 atom stereocenters. The van der Waals surface area contributed by atoms with Crippen LogP contribution >= 0.6 is 0 Å². The Morgan fingerprint density at radius 3 is 2.88 bits per heavy atom. The molecule has 0 radical (unpaired) electrons. The summed E-state index contributed by atoms with van der Waals surface area (Å²) in [4.78, 5) is 8.37. The van der Waals surface area contributed by atoms with Gasteiger partial charge >= 0.3 is 0 Å². The van der Waals surface area contributed by atoms with Gasteiger partial charge in [-0.05, 0) is 25.0 Å². The fourth-order valence-electron chi connectivity index (χ4n) is 2.24. The van der Waals surface area contributed by atoms with Gasteiger partial charge in [0.05, 0.1) is 0 Å². The molecule has 1 fully saturated rings. The minimum absolute atomic E-state index is 0.0640. The van der Waals surface area contributed by atoms with E-state index in [9.17, 15) is 5.11 Å². The van der Waals surface area contributed by atoms with Gasteiger partial charge in [0.15, 0.2) is 11.5 Å². The van der Waals surface area contributed by atoms with Gasteiger partial charge in [-0.25, -0.2) is 4.98 Å². The van der Waals surface area contributed by atoms with Crippen molar-refractivity contribution in [2.75, 3.05) is 0 Å². The van der Waals surface area contributed by atoms with Crippen LogP contribution in [0.1, 0.15) is 37.4 Å². The maximum absolute atomic E-state index is 9.65. The Morgan fingerprint density at radius 2 is 2.12 bits per heavy atom. The van der Waals surface area contributed by atoms with Crippen LogP contribution in [0, 0.1) is 0 Å². The van der Waals surface area contributed by atoms with Gasteiger partial charge in [0.25, 0.3) is 5.89 Å². The lowest BCUT2D eigenvalue weighted by molar-refractivity contribution is 0.410. The Kier molecular flexibility index (Phi) is 2.51. The lowest BCUT2D eigenvalue weighted by Crippen LogP contribution is -1.94. The highest BCUT2D eigenvalue weighted by molar-refractivity contribution is 5.55. The number of nitrogens with zero attached hydrogens (tertiary/aromatic N) is 3. The smallest absolute Gasteiger partial charge is 0.280 e. The highest BCUT2D eigenvalue weighted by Gasteiger charge is 2.23. The molecule has 0 amide bonds. The van der Waals surface area contributed by atoms with Crippen LogP contribution in [0.25, 0.3) is 11.6 Å². The lowest BCUT2D eigenvalue weighted by atomic mass is 10.1. The number of pyridine rings is 1. The van der Waals surface area contributed by atoms with Crippen molar-refractivity contribution in [2.24, 2.45) is 0 Å². The largest absolute Gasteiger partial charge is 0.505 e. The average Bonchev–Trinajstić information content (AvgIpc) is 3.00. The molecule has 1 N–H and O–H groups in total. The van der Waals surface area contributed by atoms with E-state index >= 15 is 0 Å². The topological polar surface area (TPSA) is 72.0 Å². The number of aromatic hydroxyl groups is 1. The molecule has 0 aliphatic heterocycles. The Labute approximate surface area is 98.5 Å². The van der Waals surface area contributed by atoms with Crippen LogP contribution in [0.5, 0.6) is 5.75 Å². The van der Waals surface area contributed by atoms with E-state index in [1.54, 1.807) is 18.3 Å². The quantitative estimate of drug-likeness (QED) is 0.859. The van der Waals surface area contributed by atoms with Gasteiger partial charge in [-0.3, -0.25) is 0 Å². The fraction of sp³-hybridized carbons (Fsp3) is 0.417. The van der Waals surface area contributed by atoms with Crippen molar-refractivity contribution in [3.63, 3.8) is 0 Å². The van der Waals surface area contributed by atoms with Crippen molar-refractivity contribution >= 4 is 0 Å². The Bertz CT molecular complexity index is 518. The molecule has 17 heavy (non-hydrogen) atoms. The summed E-state index contributed by atoms with van der Waals surface area (Å²) in [6.07, 6.45) is 6.28. The first kappa shape index (κ1) is 10.3. The molecule has 5 heteroatoms. The van der Waals surface area contributed by atoms with E-state index in [4.69, 9.17) is 4.52 Å². The molecule has 0 aromatic carbocycles. The van der Waals surface area contributed by atoms with E-state index in [0.717, 1.165) is 18.7 Å². The molecule has 2 aromatic rings. The minimum atomic E-state index is 0.0640. The number of aromatic nitrogens is 3. The van der Waals surface area contributed by atoms with Gasteiger partial charge in [0, 0.05) is 12.1 Å². The predicted molar refractivity (Wildman–Crippen MR) is 60.4 cm³/mol. The van der Waals surface area contributed by atoms with Crippen molar-refractivity contribution in [1.29, 1.82) is 0 Å². The summed E-state index contributed by atoms with van der Waals surface area (Å²) in [6, 6.07) is 3.22. The number of hydrogen-bond donors (Lipinski definition) is 1. The summed E-state index contributed by atoms with van der Waals surface area (Å²) >= 11 is 0. The maximum atomic E-state index is 9.65. The highest BCUT2D eigenvalue weighted by atomic mass is 16.5. The lowest BCUT2D eigenvalue weighted by Gasteiger charge is -1.99. The van der Waals surface area contributed by atoms with Crippen LogP contribution in [0.3, 0.4) is 0 Å². The van der Waals surface area contributed by atoms with Crippen molar-refractivity contribution < 1.29 is 9.63 Å². The van der Waals surface area contributed by atoms with Crippen LogP contribution in [0.15, 0.2) is 22.9 Å². The monoisotopic (exact) mass is 231 g/mol. The molecule has 1 aliphatic carbocycles. The molecule has 1 aliphatic rings. The van der Waals surface area contributed by atoms with Gasteiger partial charge in [0.2, 0.25) is 0 Å². The molecule has 0 bridgehead atoms. The number of hydrogen-bond acceptors (Lipinski definition) is 5. The zero-order chi connectivity index (χ0) is 11.7. The molecule has 0 unspecified atom stereocenters. The molecular formula is C12H13N3O2. The molecule has 88 valence electrons. The fourth-order valence-corrected chi connectivity index (χ4v) is 2.24. The molecule has 5 nitrogen and oxygen atoms in total. The normalized spacial score (nSPS) is 16.5. The molecule has 2 aromatic heterocycles. The summed E-state index contributed by atoms with van der Waals surface area (Å²) in [5.74, 6) is 1.50. The van der Waals surface area contributed by atoms with Crippen molar-refractivity contribution in [3.05, 3.63) is 24.2 Å². The first-order chi connectivity index (χ1) is 8.34. The molecular weight excluding hydrogens is 218 g/mol. The predicted octanol–water partition coefficient (Wildman–Crippen LogP) is 2.49. The molecule has 0 spiro atoms. The van der Waals surface area contributed by atoms with E-state index in [1.807, 2.05) is 0 Å². The Balaban J connectivity index is 1.92. The summed E-state index contributed by atoms with van der Waals surface area (Å²) < 4.78 is 5.16. The van der Waals surface area contributed by atoms with Crippen LogP contribution in [-0.4, -0.2) is 20.2 Å². The van der Waals surface area contributed by atoms with E-state index in [-0.39, 0.29) is 5.75 Å². The zero-order valence-electron chi connectivity index (χ0n) is 9.33. The molecule has 0 saturated heterocycles. The van der Waals surface area contributed by atoms with Gasteiger partial charge in [-0.1, -0.05) is 18.0 Å². The van der Waals surface area contributed by atoms with E-state index in [1.165, 1.54) is 12.8 Å². The van der Waals surface area contributed by atoms with Gasteiger partial charge in [-0.15, -0.1) is 0 Å². The molecule has 1 saturated carbocycles. The first-order valence-corrected chi connectivity index (χ1v) is 5.82. The van der Waals surface area contributed by atoms with Crippen LogP contribution in [0.4, 0.5) is 0 Å². The van der Waals surface area contributed by atoms with Crippen molar-refractivity contribution in [3.8, 4) is 17.3 Å². The number of rotatable bonds is 2. The standard InChI is InChI=1S/C12H13N3O2/c16-9-6-3-7-13-10(9)12-14-11(15-17-12)8-4-1-2-5-8/h3,6-8,16H,1-2,4-5H2. The van der Waals surface area contributed by atoms with Gasteiger partial charge in [-0.2, -0.15) is 4.98 Å². The summed E-state index contributed by atoms with van der Waals surface area (Å²) in [5.41, 5.74) is 0.351. The van der Waals surface area contributed by atoms with Crippen LogP contribution in [0.2, 0.25) is 0 Å². The Morgan fingerprint density at radius 1 is 1.29 bits per heavy atom. The summed E-state index contributed by atoms with van der Waals surface area (Å²) in [6.45, 7) is 0. The van der Waals surface area contributed by atoms with Gasteiger partial charge in [0.1, 0.15) is 5.75 Å². The minimum Gasteiger partial charge on any atom is -0.505 e. The zero-order valence-corrected chi connectivity index (χ0v) is 9.33. The van der Waals surface area contributed by atoms with E-state index in [0.29, 0.717) is 17.5 Å². The third kappa shape index (κ3) is 1.88. The molecule has 2 heterocycles. The van der Waals surface area contributed by atoms with Gasteiger partial charge < -0.3 is 9.63 Å². The molecule has 3 rings (SSSR count). The second-order valence-corrected chi connectivity index (χ2v) is 4.31. The SMILES string of the molecule is Oc1cccnc1-c1nc(C2CCCC2)no1. The van der Waals surface area contributed by atoms with Crippen molar-refractivity contribution in [2.45, 2.75) is 31.6 Å². The average molecular weight is 231 g/mol. The second-order valence-electron chi connectivity index (χ2n) is 4.31. The van der Waals surface area contributed by atoms with E-state index in [2.05, 4.69) is 15.1 Å². The Hall–Kier alpha value is -1.91.